The third-order valence-corrected chi connectivity index (χ3v) is 4.41. The number of benzene rings is 1. The molecule has 0 saturated heterocycles. The first-order valence-electron chi connectivity index (χ1n) is 7.79. The zero-order chi connectivity index (χ0) is 18.0. The molecule has 1 N–H and O–H groups in total. The lowest BCUT2D eigenvalue weighted by atomic mass is 10.2. The molecular formula is C17H19N5O2S. The number of nitrogens with zero attached hydrogens (tertiary/aromatic N) is 4. The number of anilines is 1. The third-order valence-electron chi connectivity index (χ3n) is 3.78. The number of hydrogen-bond donors (Lipinski definition) is 1. The summed E-state index contributed by atoms with van der Waals surface area (Å²) in [6.45, 7) is 5.63. The number of carbonyl (C=O) groups is 1. The van der Waals surface area contributed by atoms with Crippen LogP contribution in [0.2, 0.25) is 0 Å². The van der Waals surface area contributed by atoms with Crippen molar-refractivity contribution in [2.24, 2.45) is 0 Å². The second-order valence-corrected chi connectivity index (χ2v) is 6.44. The van der Waals surface area contributed by atoms with Gasteiger partial charge in [0, 0.05) is 22.8 Å². The highest BCUT2D eigenvalue weighted by atomic mass is 32.1. The van der Waals surface area contributed by atoms with E-state index in [4.69, 9.17) is 4.74 Å². The Morgan fingerprint density at radius 1 is 1.32 bits per heavy atom. The van der Waals surface area contributed by atoms with Gasteiger partial charge in [0.25, 0.3) is 5.91 Å². The van der Waals surface area contributed by atoms with Crippen molar-refractivity contribution in [3.63, 3.8) is 0 Å². The number of aromatic nitrogens is 4. The fourth-order valence-corrected chi connectivity index (χ4v) is 3.11. The van der Waals surface area contributed by atoms with Crippen molar-refractivity contribution in [1.29, 1.82) is 0 Å². The molecule has 1 atom stereocenters. The first-order chi connectivity index (χ1) is 12.0. The van der Waals surface area contributed by atoms with Gasteiger partial charge in [-0.15, -0.1) is 0 Å². The molecule has 0 aliphatic carbocycles. The Morgan fingerprint density at radius 3 is 2.80 bits per heavy atom. The van der Waals surface area contributed by atoms with Crippen molar-refractivity contribution in [2.45, 2.75) is 26.8 Å². The summed E-state index contributed by atoms with van der Waals surface area (Å²) in [6.07, 6.45) is 0. The number of nitrogens with one attached hydrogen (secondary N) is 1. The Bertz CT molecular complexity index is 902. The standard InChI is InChI=1S/C17H19N5O2S/c1-10-8-11(2)22(20-10)12(3)16(23)19-17-18-15(21-25-17)13-6-5-7-14(9-13)24-4/h5-9,12H,1-4H3,(H,18,19,21,23). The fraction of sp³-hybridized carbons (Fsp3) is 0.294. The van der Waals surface area contributed by atoms with Crippen LogP contribution in [0.25, 0.3) is 11.4 Å². The van der Waals surface area contributed by atoms with Crippen molar-refractivity contribution in [3.05, 3.63) is 41.7 Å². The molecule has 0 fully saturated rings. The second kappa shape index (κ2) is 7.02. The molecule has 0 aliphatic heterocycles. The smallest absolute Gasteiger partial charge is 0.250 e. The SMILES string of the molecule is COc1cccc(-c2nsc(NC(=O)C(C)n3nc(C)cc3C)n2)c1. The van der Waals surface area contributed by atoms with Crippen LogP contribution in [0.15, 0.2) is 30.3 Å². The summed E-state index contributed by atoms with van der Waals surface area (Å²) in [5.74, 6) is 1.11. The molecule has 3 rings (SSSR count). The summed E-state index contributed by atoms with van der Waals surface area (Å²) in [6, 6.07) is 8.99. The normalized spacial score (nSPS) is 12.0. The molecule has 1 unspecified atom stereocenters. The average molecular weight is 357 g/mol. The van der Waals surface area contributed by atoms with Gasteiger partial charge in [-0.2, -0.15) is 14.5 Å². The van der Waals surface area contributed by atoms with E-state index in [0.29, 0.717) is 11.0 Å². The molecule has 0 bridgehead atoms. The minimum absolute atomic E-state index is 0.181. The second-order valence-electron chi connectivity index (χ2n) is 5.69. The van der Waals surface area contributed by atoms with E-state index >= 15 is 0 Å². The third kappa shape index (κ3) is 3.69. The van der Waals surface area contributed by atoms with Crippen molar-refractivity contribution in [2.75, 3.05) is 12.4 Å². The monoisotopic (exact) mass is 357 g/mol. The van der Waals surface area contributed by atoms with Crippen LogP contribution in [0.5, 0.6) is 5.75 Å². The molecule has 0 radical (unpaired) electrons. The van der Waals surface area contributed by atoms with Crippen LogP contribution < -0.4 is 10.1 Å². The summed E-state index contributed by atoms with van der Waals surface area (Å²) < 4.78 is 11.2. The van der Waals surface area contributed by atoms with Crippen molar-refractivity contribution < 1.29 is 9.53 Å². The summed E-state index contributed by atoms with van der Waals surface area (Å²) in [7, 11) is 1.61. The van der Waals surface area contributed by atoms with Crippen LogP contribution in [0.4, 0.5) is 5.13 Å². The van der Waals surface area contributed by atoms with Gasteiger partial charge in [-0.1, -0.05) is 12.1 Å². The number of methoxy groups -OCH3 is 1. The highest BCUT2D eigenvalue weighted by Crippen LogP contribution is 2.25. The summed E-state index contributed by atoms with van der Waals surface area (Å²) in [4.78, 5) is 16.9. The number of carbonyl (C=O) groups excluding carboxylic acids is 1. The fourth-order valence-electron chi connectivity index (χ4n) is 2.51. The molecule has 2 aromatic heterocycles. The predicted octanol–water partition coefficient (Wildman–Crippen LogP) is 3.23. The Kier molecular flexibility index (Phi) is 4.80. The maximum absolute atomic E-state index is 12.5. The molecule has 1 aromatic carbocycles. The molecular weight excluding hydrogens is 338 g/mol. The molecule has 0 saturated carbocycles. The maximum Gasteiger partial charge on any atom is 0.250 e. The maximum atomic E-state index is 12.5. The molecule has 130 valence electrons. The van der Waals surface area contributed by atoms with E-state index in [1.54, 1.807) is 18.7 Å². The Morgan fingerprint density at radius 2 is 2.12 bits per heavy atom. The van der Waals surface area contributed by atoms with Gasteiger partial charge in [0.15, 0.2) is 5.82 Å². The molecule has 8 heteroatoms. The van der Waals surface area contributed by atoms with Crippen molar-refractivity contribution in [1.82, 2.24) is 19.1 Å². The Balaban J connectivity index is 1.74. The number of amides is 1. The van der Waals surface area contributed by atoms with E-state index in [9.17, 15) is 4.79 Å². The Labute approximate surface area is 149 Å². The van der Waals surface area contributed by atoms with Crippen LogP contribution in [0, 0.1) is 13.8 Å². The summed E-state index contributed by atoms with van der Waals surface area (Å²) in [5.41, 5.74) is 2.66. The van der Waals surface area contributed by atoms with Crippen molar-refractivity contribution in [3.8, 4) is 17.1 Å². The van der Waals surface area contributed by atoms with Gasteiger partial charge < -0.3 is 4.74 Å². The van der Waals surface area contributed by atoms with Gasteiger partial charge in [0.2, 0.25) is 5.13 Å². The topological polar surface area (TPSA) is 81.9 Å². The van der Waals surface area contributed by atoms with E-state index in [-0.39, 0.29) is 5.91 Å². The van der Waals surface area contributed by atoms with Gasteiger partial charge in [-0.25, -0.2) is 0 Å². The van der Waals surface area contributed by atoms with Crippen LogP contribution in [-0.4, -0.2) is 32.2 Å². The minimum Gasteiger partial charge on any atom is -0.497 e. The van der Waals surface area contributed by atoms with Gasteiger partial charge in [0.1, 0.15) is 11.8 Å². The molecule has 1 amide bonds. The van der Waals surface area contributed by atoms with Crippen LogP contribution in [0.1, 0.15) is 24.4 Å². The minimum atomic E-state index is -0.433. The van der Waals surface area contributed by atoms with Crippen molar-refractivity contribution >= 4 is 22.6 Å². The summed E-state index contributed by atoms with van der Waals surface area (Å²) >= 11 is 1.14. The molecule has 0 spiro atoms. The quantitative estimate of drug-likeness (QED) is 0.758. The van der Waals surface area contributed by atoms with E-state index in [2.05, 4.69) is 19.8 Å². The zero-order valence-electron chi connectivity index (χ0n) is 14.5. The number of ether oxygens (including phenoxy) is 1. The molecule has 3 aromatic rings. The highest BCUT2D eigenvalue weighted by molar-refractivity contribution is 7.10. The number of aryl methyl sites for hydroxylation is 2. The van der Waals surface area contributed by atoms with Gasteiger partial charge >= 0.3 is 0 Å². The van der Waals surface area contributed by atoms with Crippen LogP contribution in [-0.2, 0) is 4.79 Å². The number of hydrogen-bond acceptors (Lipinski definition) is 6. The average Bonchev–Trinajstić information content (AvgIpc) is 3.20. The van der Waals surface area contributed by atoms with E-state index in [1.807, 2.05) is 44.2 Å². The van der Waals surface area contributed by atoms with Gasteiger partial charge in [0.05, 0.1) is 12.8 Å². The van der Waals surface area contributed by atoms with Crippen LogP contribution in [0.3, 0.4) is 0 Å². The first kappa shape index (κ1) is 17.1. The number of rotatable bonds is 5. The summed E-state index contributed by atoms with van der Waals surface area (Å²) in [5, 5.41) is 7.62. The van der Waals surface area contributed by atoms with Gasteiger partial charge in [-0.05, 0) is 39.0 Å². The lowest BCUT2D eigenvalue weighted by molar-refractivity contribution is -0.119. The Hall–Kier alpha value is -2.74. The molecule has 0 aliphatic rings. The van der Waals surface area contributed by atoms with E-state index < -0.39 is 6.04 Å². The van der Waals surface area contributed by atoms with Gasteiger partial charge in [-0.3, -0.25) is 14.8 Å². The van der Waals surface area contributed by atoms with E-state index in [1.165, 1.54) is 0 Å². The molecule has 7 nitrogen and oxygen atoms in total. The molecule has 2 heterocycles. The highest BCUT2D eigenvalue weighted by Gasteiger charge is 2.19. The lowest BCUT2D eigenvalue weighted by Gasteiger charge is -2.12. The zero-order valence-corrected chi connectivity index (χ0v) is 15.3. The lowest BCUT2D eigenvalue weighted by Crippen LogP contribution is -2.25. The largest absolute Gasteiger partial charge is 0.497 e. The first-order valence-corrected chi connectivity index (χ1v) is 8.57. The predicted molar refractivity (Wildman–Crippen MR) is 96.9 cm³/mol. The molecule has 25 heavy (non-hydrogen) atoms. The van der Waals surface area contributed by atoms with Crippen LogP contribution >= 0.6 is 11.5 Å². The van der Waals surface area contributed by atoms with E-state index in [0.717, 1.165) is 34.2 Å².